The van der Waals surface area contributed by atoms with Gasteiger partial charge in [-0.15, -0.1) is 0 Å². The fourth-order valence-corrected chi connectivity index (χ4v) is 4.20. The predicted octanol–water partition coefficient (Wildman–Crippen LogP) is 5.83. The number of rotatable bonds is 4. The number of nitrogens with zero attached hydrogens (tertiary/aromatic N) is 3. The quantitative estimate of drug-likeness (QED) is 0.417. The molecular formula is C24H25ClF3N5O3. The number of halogens is 4. The molecule has 3 heterocycles. The van der Waals surface area contributed by atoms with Gasteiger partial charge in [-0.1, -0.05) is 6.07 Å². The number of fused-ring (bicyclic) bond motifs is 1. The van der Waals surface area contributed by atoms with Crippen LogP contribution in [0.15, 0.2) is 30.6 Å². The molecule has 3 aromatic rings. The molecule has 1 aliphatic heterocycles. The number of nitrogens with one attached hydrogen (secondary N) is 2. The first-order valence-electron chi connectivity index (χ1n) is 11.3. The summed E-state index contributed by atoms with van der Waals surface area (Å²) < 4.78 is 47.0. The normalized spacial score (nSPS) is 16.8. The van der Waals surface area contributed by atoms with Gasteiger partial charge in [0.15, 0.2) is 0 Å². The number of hydrogen-bond acceptors (Lipinski definition) is 6. The van der Waals surface area contributed by atoms with Crippen LogP contribution in [0.1, 0.15) is 49.5 Å². The van der Waals surface area contributed by atoms with Crippen molar-refractivity contribution in [3.05, 3.63) is 41.7 Å². The Morgan fingerprint density at radius 1 is 1.25 bits per heavy atom. The highest BCUT2D eigenvalue weighted by Crippen LogP contribution is 2.39. The Kier molecular flexibility index (Phi) is 6.87. The van der Waals surface area contributed by atoms with E-state index in [1.54, 1.807) is 25.7 Å². The van der Waals surface area contributed by atoms with Crippen LogP contribution in [0.5, 0.6) is 0 Å². The van der Waals surface area contributed by atoms with E-state index in [0.29, 0.717) is 36.8 Å². The van der Waals surface area contributed by atoms with Gasteiger partial charge >= 0.3 is 12.3 Å². The van der Waals surface area contributed by atoms with Gasteiger partial charge in [-0.05, 0) is 57.3 Å². The maximum atomic E-state index is 13.8. The summed E-state index contributed by atoms with van der Waals surface area (Å²) in [4.78, 5) is 36.5. The molecular weight excluding hydrogens is 499 g/mol. The second-order valence-electron chi connectivity index (χ2n) is 9.60. The summed E-state index contributed by atoms with van der Waals surface area (Å²) in [5.74, 6) is 0.0101. The number of carbonyl (C=O) groups excluding carboxylic acids is 2. The van der Waals surface area contributed by atoms with Crippen LogP contribution in [-0.2, 0) is 10.9 Å². The van der Waals surface area contributed by atoms with Crippen LogP contribution in [0.3, 0.4) is 0 Å². The third kappa shape index (κ3) is 5.72. The smallest absolute Gasteiger partial charge is 0.419 e. The van der Waals surface area contributed by atoms with Crippen molar-refractivity contribution in [1.82, 2.24) is 19.9 Å². The molecule has 1 saturated heterocycles. The Balaban J connectivity index is 1.64. The average molecular weight is 524 g/mol. The summed E-state index contributed by atoms with van der Waals surface area (Å²) in [6.45, 7) is 6.16. The third-order valence-corrected chi connectivity index (χ3v) is 5.88. The number of ether oxygens (including phenoxy) is 1. The zero-order valence-electron chi connectivity index (χ0n) is 19.9. The van der Waals surface area contributed by atoms with Gasteiger partial charge in [-0.3, -0.25) is 4.79 Å². The largest absolute Gasteiger partial charge is 0.444 e. The van der Waals surface area contributed by atoms with Gasteiger partial charge in [0.25, 0.3) is 5.24 Å². The SMILES string of the molecule is CC(C)(C)OC(=O)N1CCC[C@H](Nc2ncc(C(F)(F)F)c(-c3c[nH]c4cc(C(=O)Cl)ccc34)n2)C1. The Morgan fingerprint density at radius 2 is 2.00 bits per heavy atom. The lowest BCUT2D eigenvalue weighted by molar-refractivity contribution is -0.137. The van der Waals surface area contributed by atoms with Crippen molar-refractivity contribution in [2.24, 2.45) is 0 Å². The lowest BCUT2D eigenvalue weighted by Gasteiger charge is -2.34. The Hall–Kier alpha value is -3.34. The van der Waals surface area contributed by atoms with E-state index in [4.69, 9.17) is 16.3 Å². The monoisotopic (exact) mass is 523 g/mol. The molecule has 8 nitrogen and oxygen atoms in total. The van der Waals surface area contributed by atoms with E-state index < -0.39 is 28.7 Å². The number of piperidine rings is 1. The van der Waals surface area contributed by atoms with E-state index in [2.05, 4.69) is 20.3 Å². The third-order valence-electron chi connectivity index (χ3n) is 5.66. The Morgan fingerprint density at radius 3 is 2.67 bits per heavy atom. The van der Waals surface area contributed by atoms with Crippen molar-refractivity contribution in [1.29, 1.82) is 0 Å². The number of anilines is 1. The minimum absolute atomic E-state index is 0.0101. The molecule has 0 bridgehead atoms. The Labute approximate surface area is 210 Å². The van der Waals surface area contributed by atoms with E-state index in [9.17, 15) is 22.8 Å². The number of hydrogen-bond donors (Lipinski definition) is 2. The summed E-state index contributed by atoms with van der Waals surface area (Å²) in [5.41, 5.74) is -1.08. The first-order chi connectivity index (χ1) is 16.8. The summed E-state index contributed by atoms with van der Waals surface area (Å²) in [5, 5.41) is 2.84. The van der Waals surface area contributed by atoms with Crippen LogP contribution < -0.4 is 5.32 Å². The molecule has 0 spiro atoms. The number of H-pyrrole nitrogens is 1. The van der Waals surface area contributed by atoms with Gasteiger partial charge < -0.3 is 19.9 Å². The van der Waals surface area contributed by atoms with Crippen LogP contribution in [0, 0.1) is 0 Å². The molecule has 0 saturated carbocycles. The van der Waals surface area contributed by atoms with Crippen LogP contribution >= 0.6 is 11.6 Å². The number of benzene rings is 1. The molecule has 1 atom stereocenters. The number of alkyl halides is 3. The predicted molar refractivity (Wildman–Crippen MR) is 129 cm³/mol. The lowest BCUT2D eigenvalue weighted by atomic mass is 10.0. The van der Waals surface area contributed by atoms with Crippen molar-refractivity contribution in [3.8, 4) is 11.3 Å². The minimum atomic E-state index is -4.69. The van der Waals surface area contributed by atoms with E-state index in [1.165, 1.54) is 24.4 Å². The first kappa shape index (κ1) is 25.7. The Bertz CT molecular complexity index is 1300. The molecule has 12 heteroatoms. The van der Waals surface area contributed by atoms with Gasteiger partial charge in [-0.25, -0.2) is 14.8 Å². The molecule has 0 radical (unpaired) electrons. The lowest BCUT2D eigenvalue weighted by Crippen LogP contribution is -2.47. The van der Waals surface area contributed by atoms with Crippen molar-refractivity contribution < 1.29 is 27.5 Å². The highest BCUT2D eigenvalue weighted by molar-refractivity contribution is 6.67. The molecule has 1 fully saturated rings. The van der Waals surface area contributed by atoms with Crippen molar-refractivity contribution in [2.45, 2.75) is 51.4 Å². The highest BCUT2D eigenvalue weighted by atomic mass is 35.5. The molecule has 36 heavy (non-hydrogen) atoms. The second kappa shape index (κ2) is 9.61. The molecule has 1 aliphatic rings. The fourth-order valence-electron chi connectivity index (χ4n) is 4.08. The van der Waals surface area contributed by atoms with E-state index in [1.807, 2.05) is 0 Å². The first-order valence-corrected chi connectivity index (χ1v) is 11.7. The highest BCUT2D eigenvalue weighted by Gasteiger charge is 2.36. The van der Waals surface area contributed by atoms with E-state index in [0.717, 1.165) is 6.20 Å². The van der Waals surface area contributed by atoms with Crippen LogP contribution in [-0.4, -0.2) is 55.9 Å². The zero-order valence-corrected chi connectivity index (χ0v) is 20.6. The molecule has 2 N–H and O–H groups in total. The number of likely N-dealkylation sites (tertiary alicyclic amines) is 1. The minimum Gasteiger partial charge on any atom is -0.444 e. The van der Waals surface area contributed by atoms with Gasteiger partial charge in [0, 0.05) is 53.6 Å². The molecule has 1 amide bonds. The van der Waals surface area contributed by atoms with Crippen molar-refractivity contribution >= 4 is 39.8 Å². The van der Waals surface area contributed by atoms with Crippen molar-refractivity contribution in [3.63, 3.8) is 0 Å². The molecule has 2 aromatic heterocycles. The molecule has 0 aliphatic carbocycles. The number of carbonyl (C=O) groups is 2. The molecule has 1 aromatic carbocycles. The van der Waals surface area contributed by atoms with Crippen molar-refractivity contribution in [2.75, 3.05) is 18.4 Å². The van der Waals surface area contributed by atoms with Gasteiger partial charge in [0.05, 0.1) is 5.69 Å². The average Bonchev–Trinajstić information content (AvgIpc) is 3.20. The summed E-state index contributed by atoms with van der Waals surface area (Å²) in [6, 6.07) is 4.16. The van der Waals surface area contributed by atoms with E-state index >= 15 is 0 Å². The second-order valence-corrected chi connectivity index (χ2v) is 9.94. The van der Waals surface area contributed by atoms with Gasteiger partial charge in [-0.2, -0.15) is 13.2 Å². The van der Waals surface area contributed by atoms with Crippen LogP contribution in [0.25, 0.3) is 22.2 Å². The number of aromatic amines is 1. The standard InChI is InChI=1S/C24H25ClF3N5O3/c1-23(2,3)36-22(35)33-8-4-5-14(12-33)31-21-30-11-17(24(26,27)28)19(32-21)16-10-29-18-9-13(20(25)34)6-7-15(16)18/h6-7,9-11,14,29H,4-5,8,12H2,1-3H3,(H,30,31,32)/t14-/m0/s1. The molecule has 192 valence electrons. The van der Waals surface area contributed by atoms with Gasteiger partial charge in [0.2, 0.25) is 5.95 Å². The summed E-state index contributed by atoms with van der Waals surface area (Å²) >= 11 is 5.52. The molecule has 0 unspecified atom stereocenters. The maximum absolute atomic E-state index is 13.8. The maximum Gasteiger partial charge on any atom is 0.419 e. The zero-order chi connectivity index (χ0) is 26.3. The van der Waals surface area contributed by atoms with E-state index in [-0.39, 0.29) is 28.8 Å². The number of amides is 1. The topological polar surface area (TPSA) is 100 Å². The number of aromatic nitrogens is 3. The summed E-state index contributed by atoms with van der Waals surface area (Å²) in [7, 11) is 0. The molecule has 4 rings (SSSR count). The van der Waals surface area contributed by atoms with Crippen LogP contribution in [0.2, 0.25) is 0 Å². The summed E-state index contributed by atoms with van der Waals surface area (Å²) in [6.07, 6.45) is -1.62. The van der Waals surface area contributed by atoms with Crippen LogP contribution in [0.4, 0.5) is 23.9 Å². The van der Waals surface area contributed by atoms with Gasteiger partial charge in [0.1, 0.15) is 11.2 Å². The fraction of sp³-hybridized carbons (Fsp3) is 0.417.